The molecule has 13 aromatic rings. The number of aromatic amines is 4. The highest BCUT2D eigenvalue weighted by atomic mass is 32.1. The molecule has 8 nitrogen and oxygen atoms in total. The number of benzene rings is 6. The van der Waals surface area contributed by atoms with Crippen LogP contribution >= 0.6 is 11.3 Å². The normalized spacial score (nSPS) is 13.9. The topological polar surface area (TPSA) is 115 Å². The summed E-state index contributed by atoms with van der Waals surface area (Å²) in [6.07, 6.45) is 18.1. The summed E-state index contributed by atoms with van der Waals surface area (Å²) in [6.45, 7) is 84.0. The summed E-state index contributed by atoms with van der Waals surface area (Å²) in [5.74, 6) is 0. The van der Waals surface area contributed by atoms with E-state index in [0.29, 0.717) is 0 Å². The standard InChI is InChI=1S/C128H148N8S/c1-117(2,3)79-55-73(56-80(67-79)118(4,5)6)109-91-37-41-95(129-91)111(75-59-83(121(13,14)15)69-84(60-75)122(16,17)18)99-45-49-103(133-99)115(104-50-46-100(134-104)112(96-42-38-92(109)130-96)76-61-85(123(19,20)21)70-86(62-76)124(22,23)24)107-53-54-108(137-107)116-105-51-47-101(135-105)113(77-63-87(125(25,26)27)71-88(64-77)126(28,29)30)97-43-39-93(131-97)110(74-57-81(119(7,8)9)68-82(58-74)120(10,11)12)94-40-44-98(132-94)114(102-48-52-106(116)136-102)78-65-89(127(31,32)33)72-90(66-78)128(34,35)36/h37-72,129,131,134,136H,1-36H3. The van der Waals surface area contributed by atoms with E-state index in [-0.39, 0.29) is 65.0 Å². The van der Waals surface area contributed by atoms with E-state index in [1.165, 1.54) is 66.8 Å². The van der Waals surface area contributed by atoms with Gasteiger partial charge in [-0.15, -0.1) is 11.3 Å². The van der Waals surface area contributed by atoms with Gasteiger partial charge in [0.2, 0.25) is 0 Å². The molecule has 0 radical (unpaired) electrons. The lowest BCUT2D eigenvalue weighted by Crippen LogP contribution is -2.16. The minimum absolute atomic E-state index is 0.157. The molecule has 0 spiro atoms. The van der Waals surface area contributed by atoms with Gasteiger partial charge in [0.25, 0.3) is 0 Å². The van der Waals surface area contributed by atoms with Gasteiger partial charge in [0.05, 0.1) is 45.6 Å². The van der Waals surface area contributed by atoms with Crippen molar-refractivity contribution in [2.45, 2.75) is 314 Å². The van der Waals surface area contributed by atoms with Gasteiger partial charge in [-0.3, -0.25) is 0 Å². The van der Waals surface area contributed by atoms with Crippen LogP contribution in [0.15, 0.2) is 170 Å². The number of hydrogen-bond donors (Lipinski definition) is 4. The molecule has 0 aliphatic carbocycles. The Bertz CT molecular complexity index is 6800. The van der Waals surface area contributed by atoms with Gasteiger partial charge in [0.15, 0.2) is 0 Å². The van der Waals surface area contributed by atoms with Crippen LogP contribution in [-0.2, 0) is 65.0 Å². The fraction of sp³-hybridized carbons (Fsp3) is 0.375. The first kappa shape index (κ1) is 96.9. The molecule has 0 unspecified atom stereocenters. The summed E-state index contributed by atoms with van der Waals surface area (Å²) in [5.41, 5.74) is 42.2. The molecule has 137 heavy (non-hydrogen) atoms. The lowest BCUT2D eigenvalue weighted by molar-refractivity contribution is 0.568. The van der Waals surface area contributed by atoms with E-state index in [2.05, 4.69) is 488 Å². The van der Waals surface area contributed by atoms with Crippen LogP contribution < -0.4 is 0 Å². The van der Waals surface area contributed by atoms with Crippen molar-refractivity contribution in [3.8, 4) is 87.6 Å². The summed E-state index contributed by atoms with van der Waals surface area (Å²) < 4.78 is 0. The number of H-pyrrole nitrogens is 4. The van der Waals surface area contributed by atoms with Gasteiger partial charge in [-0.05, 0) is 274 Å². The summed E-state index contributed by atoms with van der Waals surface area (Å²) in [7, 11) is 0. The van der Waals surface area contributed by atoms with Crippen molar-refractivity contribution >= 4 is 104 Å². The minimum Gasteiger partial charge on any atom is -0.354 e. The lowest BCUT2D eigenvalue weighted by Gasteiger charge is -2.26. The maximum atomic E-state index is 6.12. The molecule has 16 bridgehead atoms. The van der Waals surface area contributed by atoms with Crippen LogP contribution in [0.4, 0.5) is 0 Å². The van der Waals surface area contributed by atoms with Crippen molar-refractivity contribution < 1.29 is 0 Å². The SMILES string of the molecule is CC(C)(C)c1cc(-c2c3nc(c(-c4cc(C(C)(C)C)cc(C(C)(C)C)c4)c4ccc([nH]4)c(-c4ccc(-c5c6nc(c(-c7cc(C(C)(C)C)cc(C(C)(C)C)c7)c7ccc([nH]7)c(-c7cc(C(C)(C)C)cc(C(C)(C)C)c7)c7nc(c(-c8cc(C(C)(C)C)cc(C(C)(C)C)c8)c8ccc5[nH]8)C=C7)C=C6)s4)c4nc(c(-c5cc(C(C)(C)C)cc(C(C)(C)C)c5)c5ccc2[nH]5)C=C4)C=C3)cc(C(C)(C)C)c1. The zero-order chi connectivity index (χ0) is 99.2. The third-order valence-corrected chi connectivity index (χ3v) is 29.4. The highest BCUT2D eigenvalue weighted by molar-refractivity contribution is 7.19. The fourth-order valence-electron chi connectivity index (χ4n) is 19.2. The Morgan fingerprint density at radius 2 is 0.270 bits per heavy atom. The minimum atomic E-state index is -0.183. The first-order chi connectivity index (χ1) is 63.4. The fourth-order valence-corrected chi connectivity index (χ4v) is 20.3. The highest BCUT2D eigenvalue weighted by Crippen LogP contribution is 2.51. The number of nitrogens with one attached hydrogen (secondary N) is 4. The zero-order valence-electron chi connectivity index (χ0n) is 89.0. The Morgan fingerprint density at radius 3 is 0.394 bits per heavy atom. The number of rotatable bonds is 8. The Hall–Kier alpha value is -11.8. The second-order valence-electron chi connectivity index (χ2n) is 52.0. The lowest BCUT2D eigenvalue weighted by atomic mass is 9.78. The second-order valence-corrected chi connectivity index (χ2v) is 53.0. The average molecular weight is 1830 g/mol. The number of aromatic nitrogens is 8. The molecule has 7 aromatic heterocycles. The van der Waals surface area contributed by atoms with E-state index < -0.39 is 0 Å². The zero-order valence-corrected chi connectivity index (χ0v) is 89.8. The molecule has 11 heterocycles. The van der Waals surface area contributed by atoms with Gasteiger partial charge in [-0.25, -0.2) is 19.9 Å². The van der Waals surface area contributed by atoms with Gasteiger partial charge < -0.3 is 19.9 Å². The Morgan fingerprint density at radius 1 is 0.153 bits per heavy atom. The van der Waals surface area contributed by atoms with Crippen LogP contribution in [0.2, 0.25) is 0 Å². The van der Waals surface area contributed by atoms with Gasteiger partial charge in [-0.1, -0.05) is 358 Å². The van der Waals surface area contributed by atoms with E-state index in [1.54, 1.807) is 11.3 Å². The maximum Gasteiger partial charge on any atom is 0.0745 e. The van der Waals surface area contributed by atoms with E-state index in [0.717, 1.165) is 177 Å². The molecule has 4 aliphatic heterocycles. The number of hydrogen-bond acceptors (Lipinski definition) is 5. The van der Waals surface area contributed by atoms with Crippen molar-refractivity contribution in [3.05, 3.63) is 282 Å². The monoisotopic (exact) mass is 1830 g/mol. The molecule has 4 N–H and O–H groups in total. The summed E-state index contributed by atoms with van der Waals surface area (Å²) in [6, 6.07) is 66.7. The quantitative estimate of drug-likeness (QED) is 0.121. The van der Waals surface area contributed by atoms with E-state index in [1.807, 2.05) is 0 Å². The van der Waals surface area contributed by atoms with Crippen LogP contribution in [0.25, 0.3) is 180 Å². The number of nitrogens with zero attached hydrogens (tertiary/aromatic N) is 4. The molecule has 17 rings (SSSR count). The molecule has 706 valence electrons. The molecule has 0 saturated carbocycles. The summed E-state index contributed by atoms with van der Waals surface area (Å²) in [4.78, 5) is 43.3. The van der Waals surface area contributed by atoms with Gasteiger partial charge in [0, 0.05) is 98.4 Å². The van der Waals surface area contributed by atoms with Gasteiger partial charge >= 0.3 is 0 Å². The first-order valence-corrected chi connectivity index (χ1v) is 50.6. The maximum absolute atomic E-state index is 6.12. The van der Waals surface area contributed by atoms with E-state index in [9.17, 15) is 0 Å². The third-order valence-electron chi connectivity index (χ3n) is 28.3. The molecular weight excluding hydrogens is 1680 g/mol. The van der Waals surface area contributed by atoms with Crippen molar-refractivity contribution in [2.24, 2.45) is 0 Å². The average Bonchev–Trinajstić information content (AvgIpc) is 1.61. The van der Waals surface area contributed by atoms with E-state index >= 15 is 0 Å². The molecule has 9 heteroatoms. The first-order valence-electron chi connectivity index (χ1n) is 49.8. The summed E-state index contributed by atoms with van der Waals surface area (Å²) in [5, 5.41) is 0. The predicted octanol–water partition coefficient (Wildman–Crippen LogP) is 36.6. The van der Waals surface area contributed by atoms with Crippen molar-refractivity contribution in [1.29, 1.82) is 0 Å². The van der Waals surface area contributed by atoms with Crippen LogP contribution in [-0.4, -0.2) is 39.9 Å². The molecule has 0 amide bonds. The van der Waals surface area contributed by atoms with Crippen LogP contribution in [0.5, 0.6) is 0 Å². The van der Waals surface area contributed by atoms with Crippen LogP contribution in [0, 0.1) is 0 Å². The Kier molecular flexibility index (Phi) is 23.7. The third kappa shape index (κ3) is 19.4. The van der Waals surface area contributed by atoms with Crippen LogP contribution in [0.1, 0.15) is 362 Å². The van der Waals surface area contributed by atoms with Crippen molar-refractivity contribution in [1.82, 2.24) is 39.9 Å². The molecule has 0 fully saturated rings. The molecule has 0 atom stereocenters. The van der Waals surface area contributed by atoms with Crippen molar-refractivity contribution in [3.63, 3.8) is 0 Å². The second kappa shape index (κ2) is 33.5. The van der Waals surface area contributed by atoms with Gasteiger partial charge in [-0.2, -0.15) is 0 Å². The van der Waals surface area contributed by atoms with E-state index in [4.69, 9.17) is 19.9 Å². The molecular formula is C128H148N8S. The van der Waals surface area contributed by atoms with Crippen molar-refractivity contribution in [2.75, 3.05) is 0 Å². The molecule has 0 saturated heterocycles. The van der Waals surface area contributed by atoms with Gasteiger partial charge in [0.1, 0.15) is 0 Å². The largest absolute Gasteiger partial charge is 0.354 e. The smallest absolute Gasteiger partial charge is 0.0745 e. The number of thiophene rings is 1. The highest BCUT2D eigenvalue weighted by Gasteiger charge is 2.34. The molecule has 6 aromatic carbocycles. The van der Waals surface area contributed by atoms with Crippen LogP contribution in [0.3, 0.4) is 0 Å². The Labute approximate surface area is 822 Å². The number of fused-ring (bicyclic) bond motifs is 16. The molecule has 4 aliphatic rings. The summed E-state index contributed by atoms with van der Waals surface area (Å²) >= 11 is 1.77. The predicted molar refractivity (Wildman–Crippen MR) is 597 cm³/mol. The Balaban J connectivity index is 1.03.